The van der Waals surface area contributed by atoms with E-state index in [0.29, 0.717) is 6.54 Å². The predicted octanol–water partition coefficient (Wildman–Crippen LogP) is 0.263. The zero-order valence-electron chi connectivity index (χ0n) is 9.68. The van der Waals surface area contributed by atoms with Gasteiger partial charge in [0, 0.05) is 12.5 Å². The molecule has 15 heavy (non-hydrogen) atoms. The molecule has 0 saturated heterocycles. The van der Waals surface area contributed by atoms with Crippen LogP contribution in [0.5, 0.6) is 0 Å². The molecule has 0 heterocycles. The Balaban J connectivity index is 2.33. The minimum atomic E-state index is -0.308. The lowest BCUT2D eigenvalue weighted by Gasteiger charge is -2.41. The van der Waals surface area contributed by atoms with Crippen molar-refractivity contribution in [2.24, 2.45) is 5.92 Å². The van der Waals surface area contributed by atoms with E-state index in [0.717, 1.165) is 25.8 Å². The second kappa shape index (κ2) is 5.47. The Hall–Kier alpha value is -0.610. The first-order valence-corrected chi connectivity index (χ1v) is 5.77. The minimum Gasteiger partial charge on any atom is -0.394 e. The van der Waals surface area contributed by atoms with Gasteiger partial charge in [-0.2, -0.15) is 0 Å². The summed E-state index contributed by atoms with van der Waals surface area (Å²) in [5.74, 6) is 0.0127. The summed E-state index contributed by atoms with van der Waals surface area (Å²) < 4.78 is 0. The number of aliphatic hydroxyl groups is 1. The summed E-state index contributed by atoms with van der Waals surface area (Å²) in [6, 6.07) is 0. The van der Waals surface area contributed by atoms with Crippen molar-refractivity contribution in [3.8, 4) is 0 Å². The number of amides is 1. The van der Waals surface area contributed by atoms with Gasteiger partial charge < -0.3 is 15.7 Å². The molecule has 1 fully saturated rings. The Kier molecular flexibility index (Phi) is 4.54. The van der Waals surface area contributed by atoms with Gasteiger partial charge in [-0.25, -0.2) is 0 Å². The minimum absolute atomic E-state index is 0.0334. The first-order valence-electron chi connectivity index (χ1n) is 5.77. The summed E-state index contributed by atoms with van der Waals surface area (Å²) in [4.78, 5) is 11.8. The van der Waals surface area contributed by atoms with Crippen molar-refractivity contribution < 1.29 is 9.90 Å². The second-order valence-corrected chi connectivity index (χ2v) is 4.49. The molecule has 1 aliphatic carbocycles. The van der Waals surface area contributed by atoms with Gasteiger partial charge in [0.15, 0.2) is 0 Å². The molecule has 0 aromatic rings. The van der Waals surface area contributed by atoms with Crippen LogP contribution in [0, 0.1) is 5.92 Å². The SMILES string of the molecule is CCNCC(C)C(=O)NC1(CO)CCC1. The normalized spacial score (nSPS) is 20.5. The van der Waals surface area contributed by atoms with E-state index in [1.54, 1.807) is 0 Å². The number of rotatable bonds is 6. The Morgan fingerprint density at radius 3 is 2.60 bits per heavy atom. The van der Waals surface area contributed by atoms with Crippen LogP contribution >= 0.6 is 0 Å². The molecule has 1 amide bonds. The van der Waals surface area contributed by atoms with Crippen LogP contribution in [0.25, 0.3) is 0 Å². The largest absolute Gasteiger partial charge is 0.394 e. The highest BCUT2D eigenvalue weighted by molar-refractivity contribution is 5.79. The Morgan fingerprint density at radius 2 is 2.20 bits per heavy atom. The van der Waals surface area contributed by atoms with E-state index in [2.05, 4.69) is 10.6 Å². The number of hydrogen-bond donors (Lipinski definition) is 3. The summed E-state index contributed by atoms with van der Waals surface area (Å²) in [6.07, 6.45) is 2.91. The lowest BCUT2D eigenvalue weighted by atomic mass is 9.77. The summed E-state index contributed by atoms with van der Waals surface area (Å²) in [5.41, 5.74) is -0.308. The average molecular weight is 214 g/mol. The van der Waals surface area contributed by atoms with Crippen LogP contribution in [-0.2, 0) is 4.79 Å². The maximum absolute atomic E-state index is 11.8. The van der Waals surface area contributed by atoms with Gasteiger partial charge in [0.2, 0.25) is 5.91 Å². The molecule has 0 bridgehead atoms. The topological polar surface area (TPSA) is 61.4 Å². The highest BCUT2D eigenvalue weighted by atomic mass is 16.3. The van der Waals surface area contributed by atoms with Crippen LogP contribution in [0.1, 0.15) is 33.1 Å². The molecule has 0 radical (unpaired) electrons. The van der Waals surface area contributed by atoms with Gasteiger partial charge in [-0.05, 0) is 25.8 Å². The van der Waals surface area contributed by atoms with Crippen LogP contribution in [0.4, 0.5) is 0 Å². The number of hydrogen-bond acceptors (Lipinski definition) is 3. The molecule has 88 valence electrons. The first kappa shape index (κ1) is 12.5. The van der Waals surface area contributed by atoms with Gasteiger partial charge in [0.05, 0.1) is 12.1 Å². The van der Waals surface area contributed by atoms with Gasteiger partial charge in [-0.1, -0.05) is 13.8 Å². The Labute approximate surface area is 91.4 Å². The molecular formula is C11H22N2O2. The maximum Gasteiger partial charge on any atom is 0.224 e. The van der Waals surface area contributed by atoms with Crippen molar-refractivity contribution in [2.45, 2.75) is 38.6 Å². The standard InChI is InChI=1S/C11H22N2O2/c1-3-12-7-9(2)10(15)13-11(8-14)5-4-6-11/h9,12,14H,3-8H2,1-2H3,(H,13,15). The van der Waals surface area contributed by atoms with Gasteiger partial charge in [0.1, 0.15) is 0 Å². The second-order valence-electron chi connectivity index (χ2n) is 4.49. The third-order valence-corrected chi connectivity index (χ3v) is 3.15. The van der Waals surface area contributed by atoms with Gasteiger partial charge >= 0.3 is 0 Å². The molecule has 1 unspecified atom stereocenters. The molecule has 1 aliphatic rings. The van der Waals surface area contributed by atoms with E-state index < -0.39 is 0 Å². The number of nitrogens with one attached hydrogen (secondary N) is 2. The van der Waals surface area contributed by atoms with Crippen molar-refractivity contribution >= 4 is 5.91 Å². The summed E-state index contributed by atoms with van der Waals surface area (Å²) in [7, 11) is 0. The highest BCUT2D eigenvalue weighted by Gasteiger charge is 2.38. The van der Waals surface area contributed by atoms with Crippen molar-refractivity contribution in [1.82, 2.24) is 10.6 Å². The molecule has 0 aromatic heterocycles. The lowest BCUT2D eigenvalue weighted by Crippen LogP contribution is -2.57. The Bertz CT molecular complexity index is 209. The van der Waals surface area contributed by atoms with Crippen molar-refractivity contribution in [3.05, 3.63) is 0 Å². The zero-order chi connectivity index (χ0) is 11.3. The number of carbonyl (C=O) groups excluding carboxylic acids is 1. The first-order chi connectivity index (χ1) is 7.13. The van der Waals surface area contributed by atoms with Gasteiger partial charge in [-0.15, -0.1) is 0 Å². The summed E-state index contributed by atoms with van der Waals surface area (Å²) in [6.45, 7) is 5.56. The Morgan fingerprint density at radius 1 is 1.53 bits per heavy atom. The molecule has 1 saturated carbocycles. The lowest BCUT2D eigenvalue weighted by molar-refractivity contribution is -0.128. The van der Waals surface area contributed by atoms with Crippen LogP contribution in [0.15, 0.2) is 0 Å². The van der Waals surface area contributed by atoms with Crippen molar-refractivity contribution in [1.29, 1.82) is 0 Å². The fourth-order valence-corrected chi connectivity index (χ4v) is 1.76. The quantitative estimate of drug-likeness (QED) is 0.594. The molecule has 1 rings (SSSR count). The molecule has 4 nitrogen and oxygen atoms in total. The molecule has 1 atom stereocenters. The number of aliphatic hydroxyl groups excluding tert-OH is 1. The predicted molar refractivity (Wildman–Crippen MR) is 59.5 cm³/mol. The monoisotopic (exact) mass is 214 g/mol. The van der Waals surface area contributed by atoms with Crippen LogP contribution in [-0.4, -0.2) is 36.2 Å². The van der Waals surface area contributed by atoms with Gasteiger partial charge in [-0.3, -0.25) is 4.79 Å². The fourth-order valence-electron chi connectivity index (χ4n) is 1.76. The van der Waals surface area contributed by atoms with Crippen molar-refractivity contribution in [3.63, 3.8) is 0 Å². The molecule has 0 aromatic carbocycles. The molecule has 4 heteroatoms. The molecule has 0 spiro atoms. The summed E-state index contributed by atoms with van der Waals surface area (Å²) in [5, 5.41) is 15.3. The van der Waals surface area contributed by atoms with E-state index in [4.69, 9.17) is 0 Å². The third-order valence-electron chi connectivity index (χ3n) is 3.15. The van der Waals surface area contributed by atoms with Crippen LogP contribution in [0.3, 0.4) is 0 Å². The number of carbonyl (C=O) groups is 1. The van der Waals surface area contributed by atoms with Gasteiger partial charge in [0.25, 0.3) is 0 Å². The van der Waals surface area contributed by atoms with E-state index in [9.17, 15) is 9.90 Å². The molecular weight excluding hydrogens is 192 g/mol. The van der Waals surface area contributed by atoms with E-state index in [-0.39, 0.29) is 24.0 Å². The van der Waals surface area contributed by atoms with Crippen molar-refractivity contribution in [2.75, 3.05) is 19.7 Å². The van der Waals surface area contributed by atoms with E-state index in [1.807, 2.05) is 13.8 Å². The zero-order valence-corrected chi connectivity index (χ0v) is 9.68. The van der Waals surface area contributed by atoms with E-state index >= 15 is 0 Å². The maximum atomic E-state index is 11.8. The highest BCUT2D eigenvalue weighted by Crippen LogP contribution is 2.31. The average Bonchev–Trinajstić information content (AvgIpc) is 2.19. The molecule has 0 aliphatic heterocycles. The fraction of sp³-hybridized carbons (Fsp3) is 0.909. The smallest absolute Gasteiger partial charge is 0.224 e. The van der Waals surface area contributed by atoms with E-state index in [1.165, 1.54) is 0 Å². The molecule has 3 N–H and O–H groups in total. The third kappa shape index (κ3) is 3.18. The van der Waals surface area contributed by atoms with Crippen LogP contribution in [0.2, 0.25) is 0 Å². The van der Waals surface area contributed by atoms with Crippen LogP contribution < -0.4 is 10.6 Å². The summed E-state index contributed by atoms with van der Waals surface area (Å²) >= 11 is 0.